The van der Waals surface area contributed by atoms with Gasteiger partial charge >= 0.3 is 0 Å². The van der Waals surface area contributed by atoms with E-state index in [9.17, 15) is 4.79 Å². The average molecular weight is 424 g/mol. The number of nitrogens with one attached hydrogen (secondary N) is 1. The standard InChI is InChI=1S/C23H16N6O3/c30-23(19-15-20(32-28-19)16-5-2-1-3-6-16)25-17-7-9-18(10-8-17)31-22-12-11-21(26-27-22)29-14-4-13-24-29/h1-15H,(H,25,30). The molecule has 1 N–H and O–H groups in total. The first-order valence-corrected chi connectivity index (χ1v) is 9.70. The van der Waals surface area contributed by atoms with Crippen LogP contribution in [0.15, 0.2) is 95.8 Å². The maximum atomic E-state index is 12.5. The Labute approximate surface area is 182 Å². The average Bonchev–Trinajstić information content (AvgIpc) is 3.54. The lowest BCUT2D eigenvalue weighted by molar-refractivity contribution is 0.101. The summed E-state index contributed by atoms with van der Waals surface area (Å²) in [4.78, 5) is 12.5. The molecule has 9 heteroatoms. The number of rotatable bonds is 6. The largest absolute Gasteiger partial charge is 0.438 e. The van der Waals surface area contributed by atoms with Crippen molar-refractivity contribution in [3.63, 3.8) is 0 Å². The van der Waals surface area contributed by atoms with Crippen LogP contribution in [0.4, 0.5) is 5.69 Å². The first-order chi connectivity index (χ1) is 15.7. The van der Waals surface area contributed by atoms with Gasteiger partial charge in [0.05, 0.1) is 0 Å². The second-order valence-electron chi connectivity index (χ2n) is 6.70. The fourth-order valence-electron chi connectivity index (χ4n) is 2.94. The van der Waals surface area contributed by atoms with Crippen LogP contribution in [0.25, 0.3) is 17.1 Å². The van der Waals surface area contributed by atoms with E-state index in [-0.39, 0.29) is 11.6 Å². The summed E-state index contributed by atoms with van der Waals surface area (Å²) in [7, 11) is 0. The van der Waals surface area contributed by atoms with Crippen molar-refractivity contribution in [3.8, 4) is 28.8 Å². The summed E-state index contributed by atoms with van der Waals surface area (Å²) in [5.74, 6) is 1.64. The van der Waals surface area contributed by atoms with Gasteiger partial charge in [-0.3, -0.25) is 4.79 Å². The zero-order valence-electron chi connectivity index (χ0n) is 16.6. The molecule has 2 aromatic carbocycles. The van der Waals surface area contributed by atoms with Gasteiger partial charge in [-0.2, -0.15) is 5.10 Å². The predicted octanol–water partition coefficient (Wildman–Crippen LogP) is 4.36. The Morgan fingerprint density at radius 3 is 2.50 bits per heavy atom. The normalized spacial score (nSPS) is 10.6. The van der Waals surface area contributed by atoms with Crippen LogP contribution in [0.2, 0.25) is 0 Å². The zero-order valence-corrected chi connectivity index (χ0v) is 16.6. The van der Waals surface area contributed by atoms with E-state index in [1.165, 1.54) is 0 Å². The van der Waals surface area contributed by atoms with Gasteiger partial charge in [-0.05, 0) is 36.4 Å². The maximum Gasteiger partial charge on any atom is 0.277 e. The summed E-state index contributed by atoms with van der Waals surface area (Å²) in [6.07, 6.45) is 3.44. The van der Waals surface area contributed by atoms with E-state index in [1.807, 2.05) is 30.3 Å². The van der Waals surface area contributed by atoms with Gasteiger partial charge in [-0.1, -0.05) is 35.5 Å². The van der Waals surface area contributed by atoms with Crippen LogP contribution in [0.3, 0.4) is 0 Å². The second-order valence-corrected chi connectivity index (χ2v) is 6.70. The van der Waals surface area contributed by atoms with Crippen molar-refractivity contribution in [3.05, 3.63) is 97.0 Å². The molecule has 5 rings (SSSR count). The quantitative estimate of drug-likeness (QED) is 0.431. The van der Waals surface area contributed by atoms with Crippen molar-refractivity contribution >= 4 is 11.6 Å². The van der Waals surface area contributed by atoms with Crippen LogP contribution in [-0.4, -0.2) is 31.0 Å². The molecular formula is C23H16N6O3. The first kappa shape index (κ1) is 19.2. The van der Waals surface area contributed by atoms with E-state index in [2.05, 4.69) is 25.8 Å². The molecule has 32 heavy (non-hydrogen) atoms. The topological polar surface area (TPSA) is 108 Å². The molecule has 0 fully saturated rings. The molecule has 0 spiro atoms. The van der Waals surface area contributed by atoms with Gasteiger partial charge in [0.25, 0.3) is 5.91 Å². The summed E-state index contributed by atoms with van der Waals surface area (Å²) in [5, 5.41) is 18.9. The lowest BCUT2D eigenvalue weighted by Crippen LogP contribution is -2.11. The van der Waals surface area contributed by atoms with E-state index in [0.717, 1.165) is 5.56 Å². The van der Waals surface area contributed by atoms with E-state index >= 15 is 0 Å². The Bertz CT molecular complexity index is 1310. The van der Waals surface area contributed by atoms with Crippen molar-refractivity contribution in [2.45, 2.75) is 0 Å². The van der Waals surface area contributed by atoms with Crippen LogP contribution in [0.5, 0.6) is 11.6 Å². The van der Waals surface area contributed by atoms with Crippen LogP contribution in [-0.2, 0) is 0 Å². The summed E-state index contributed by atoms with van der Waals surface area (Å²) in [6.45, 7) is 0. The number of carbonyl (C=O) groups excluding carboxylic acids is 1. The first-order valence-electron chi connectivity index (χ1n) is 9.70. The molecule has 5 aromatic rings. The smallest absolute Gasteiger partial charge is 0.277 e. The van der Waals surface area contributed by atoms with Crippen LogP contribution in [0, 0.1) is 0 Å². The molecule has 3 aromatic heterocycles. The number of hydrogen-bond donors (Lipinski definition) is 1. The van der Waals surface area contributed by atoms with Gasteiger partial charge in [-0.15, -0.1) is 10.2 Å². The minimum atomic E-state index is -0.371. The van der Waals surface area contributed by atoms with E-state index in [0.29, 0.717) is 28.9 Å². The summed E-state index contributed by atoms with van der Waals surface area (Å²) in [6, 6.07) is 23.2. The predicted molar refractivity (Wildman–Crippen MR) is 116 cm³/mol. The Morgan fingerprint density at radius 2 is 1.78 bits per heavy atom. The molecule has 1 amide bonds. The number of carbonyl (C=O) groups is 1. The highest BCUT2D eigenvalue weighted by Gasteiger charge is 2.14. The van der Waals surface area contributed by atoms with Crippen molar-refractivity contribution in [1.29, 1.82) is 0 Å². The van der Waals surface area contributed by atoms with Gasteiger partial charge in [0, 0.05) is 35.8 Å². The minimum absolute atomic E-state index is 0.191. The van der Waals surface area contributed by atoms with Crippen LogP contribution >= 0.6 is 0 Å². The van der Waals surface area contributed by atoms with E-state index in [1.54, 1.807) is 65.6 Å². The fourth-order valence-corrected chi connectivity index (χ4v) is 2.94. The third-order valence-corrected chi connectivity index (χ3v) is 4.50. The molecular weight excluding hydrogens is 408 g/mol. The number of amides is 1. The van der Waals surface area contributed by atoms with Crippen LogP contribution < -0.4 is 10.1 Å². The van der Waals surface area contributed by atoms with Crippen molar-refractivity contribution < 1.29 is 14.1 Å². The monoisotopic (exact) mass is 424 g/mol. The number of anilines is 1. The molecule has 0 saturated heterocycles. The second kappa shape index (κ2) is 8.52. The highest BCUT2D eigenvalue weighted by atomic mass is 16.5. The van der Waals surface area contributed by atoms with Crippen molar-refractivity contribution in [1.82, 2.24) is 25.1 Å². The summed E-state index contributed by atoms with van der Waals surface area (Å²) in [5.41, 5.74) is 1.63. The molecule has 0 aliphatic rings. The van der Waals surface area contributed by atoms with Crippen molar-refractivity contribution in [2.24, 2.45) is 0 Å². The number of benzene rings is 2. The SMILES string of the molecule is O=C(Nc1ccc(Oc2ccc(-n3cccn3)nn2)cc1)c1cc(-c2ccccc2)on1. The van der Waals surface area contributed by atoms with Crippen LogP contribution in [0.1, 0.15) is 10.5 Å². The number of hydrogen-bond acceptors (Lipinski definition) is 7. The Balaban J connectivity index is 1.21. The van der Waals surface area contributed by atoms with E-state index < -0.39 is 0 Å². The molecule has 0 radical (unpaired) electrons. The Morgan fingerprint density at radius 1 is 0.938 bits per heavy atom. The lowest BCUT2D eigenvalue weighted by atomic mass is 10.1. The number of ether oxygens (including phenoxy) is 1. The fraction of sp³-hybridized carbons (Fsp3) is 0. The third kappa shape index (κ3) is 4.21. The van der Waals surface area contributed by atoms with Gasteiger partial charge in [0.1, 0.15) is 5.75 Å². The van der Waals surface area contributed by atoms with Gasteiger partial charge in [0.2, 0.25) is 5.88 Å². The summed E-state index contributed by atoms with van der Waals surface area (Å²) >= 11 is 0. The minimum Gasteiger partial charge on any atom is -0.438 e. The van der Waals surface area contributed by atoms with Gasteiger partial charge < -0.3 is 14.6 Å². The van der Waals surface area contributed by atoms with Gasteiger partial charge in [0.15, 0.2) is 17.3 Å². The molecule has 0 aliphatic heterocycles. The zero-order chi connectivity index (χ0) is 21.8. The molecule has 9 nitrogen and oxygen atoms in total. The molecule has 0 aliphatic carbocycles. The van der Waals surface area contributed by atoms with Crippen molar-refractivity contribution in [2.75, 3.05) is 5.32 Å². The maximum absolute atomic E-state index is 12.5. The third-order valence-electron chi connectivity index (χ3n) is 4.50. The number of nitrogens with zero attached hydrogens (tertiary/aromatic N) is 5. The molecule has 0 bridgehead atoms. The lowest BCUT2D eigenvalue weighted by Gasteiger charge is -2.07. The van der Waals surface area contributed by atoms with Gasteiger partial charge in [-0.25, -0.2) is 4.68 Å². The molecule has 0 unspecified atom stereocenters. The molecule has 0 atom stereocenters. The Hall–Kier alpha value is -4.79. The summed E-state index contributed by atoms with van der Waals surface area (Å²) < 4.78 is 12.6. The Kier molecular flexibility index (Phi) is 5.11. The molecule has 0 saturated carbocycles. The highest BCUT2D eigenvalue weighted by molar-refractivity contribution is 6.03. The molecule has 3 heterocycles. The van der Waals surface area contributed by atoms with E-state index in [4.69, 9.17) is 9.26 Å². The molecule has 156 valence electrons. The number of aromatic nitrogens is 5. The highest BCUT2D eigenvalue weighted by Crippen LogP contribution is 2.23.